The fraction of sp³-hybridized carbons (Fsp3) is 0.385. The molecule has 1 unspecified atom stereocenters. The number of carboxylic acids is 1. The zero-order valence-electron chi connectivity index (χ0n) is 11.7. The highest BCUT2D eigenvalue weighted by atomic mass is 35.5. The van der Waals surface area contributed by atoms with Crippen LogP contribution in [0.2, 0.25) is 5.02 Å². The second kappa shape index (κ2) is 6.47. The molecule has 0 fully saturated rings. The summed E-state index contributed by atoms with van der Waals surface area (Å²) in [4.78, 5) is 23.9. The van der Waals surface area contributed by atoms with Gasteiger partial charge in [0.15, 0.2) is 0 Å². The number of nitrogens with one attached hydrogen (secondary N) is 1. The Labute approximate surface area is 122 Å². The molecule has 1 rings (SSSR count). The Bertz CT molecular complexity index is 533. The van der Waals surface area contributed by atoms with E-state index in [1.807, 2.05) is 0 Å². The van der Waals surface area contributed by atoms with Gasteiger partial charge in [-0.1, -0.05) is 11.6 Å². The average Bonchev–Trinajstić information content (AvgIpc) is 2.40. The van der Waals surface area contributed by atoms with E-state index in [-0.39, 0.29) is 0 Å². The Balaban J connectivity index is 2.96. The normalized spacial score (nSPS) is 11.7. The van der Waals surface area contributed by atoms with Crippen LogP contribution in [0.3, 0.4) is 0 Å². The van der Waals surface area contributed by atoms with Gasteiger partial charge in [0.05, 0.1) is 12.8 Å². The number of hydrogen-bond acceptors (Lipinski definition) is 3. The van der Waals surface area contributed by atoms with E-state index >= 15 is 0 Å². The topological polar surface area (TPSA) is 78.9 Å². The number of urea groups is 1. The predicted octanol–water partition coefficient (Wildman–Crippen LogP) is 2.59. The maximum atomic E-state index is 12.0. The number of carboxylic acid groups (broad SMARTS) is 1. The molecule has 0 aliphatic heterocycles. The Morgan fingerprint density at radius 1 is 1.45 bits per heavy atom. The lowest BCUT2D eigenvalue weighted by molar-refractivity contribution is -0.141. The molecule has 0 saturated carbocycles. The number of amides is 2. The van der Waals surface area contributed by atoms with Gasteiger partial charge in [0.25, 0.3) is 0 Å². The maximum absolute atomic E-state index is 12.0. The molecule has 0 bridgehead atoms. The smallest absolute Gasteiger partial charge is 0.326 e. The minimum atomic E-state index is -1.08. The monoisotopic (exact) mass is 300 g/mol. The SMILES string of the molecule is COc1cc(Cl)c(C)cc1NC(=O)N(C)C(C)C(=O)O. The molecule has 0 aromatic heterocycles. The zero-order chi connectivity index (χ0) is 15.4. The van der Waals surface area contributed by atoms with Crippen molar-refractivity contribution in [3.63, 3.8) is 0 Å². The summed E-state index contributed by atoms with van der Waals surface area (Å²) in [6.45, 7) is 3.22. The van der Waals surface area contributed by atoms with Crippen LogP contribution < -0.4 is 10.1 Å². The number of aryl methyl sites for hydroxylation is 1. The molecule has 0 aliphatic carbocycles. The number of carbonyl (C=O) groups excluding carboxylic acids is 1. The molecule has 0 aliphatic rings. The summed E-state index contributed by atoms with van der Waals surface area (Å²) in [5.41, 5.74) is 1.21. The number of carbonyl (C=O) groups is 2. The molecule has 2 amide bonds. The number of rotatable bonds is 4. The van der Waals surface area contributed by atoms with Crippen molar-refractivity contribution >= 4 is 29.3 Å². The summed E-state index contributed by atoms with van der Waals surface area (Å²) < 4.78 is 5.14. The van der Waals surface area contributed by atoms with Crippen molar-refractivity contribution in [2.24, 2.45) is 0 Å². The highest BCUT2D eigenvalue weighted by Gasteiger charge is 2.22. The third-order valence-corrected chi connectivity index (χ3v) is 3.39. The molecular formula is C13H17ClN2O4. The first kappa shape index (κ1) is 16.1. The summed E-state index contributed by atoms with van der Waals surface area (Å²) in [5.74, 6) is -0.674. The quantitative estimate of drug-likeness (QED) is 0.896. The molecule has 6 nitrogen and oxygen atoms in total. The van der Waals surface area contributed by atoms with E-state index < -0.39 is 18.0 Å². The van der Waals surface area contributed by atoms with Crippen molar-refractivity contribution in [2.75, 3.05) is 19.5 Å². The number of anilines is 1. The van der Waals surface area contributed by atoms with Gasteiger partial charge in [-0.2, -0.15) is 0 Å². The number of hydrogen-bond donors (Lipinski definition) is 2. The van der Waals surface area contributed by atoms with Gasteiger partial charge in [0.2, 0.25) is 0 Å². The standard InChI is InChI=1S/C13H17ClN2O4/c1-7-5-10(11(20-4)6-9(7)14)15-13(19)16(3)8(2)12(17)18/h5-6,8H,1-4H3,(H,15,19)(H,17,18). The largest absolute Gasteiger partial charge is 0.495 e. The van der Waals surface area contributed by atoms with E-state index in [4.69, 9.17) is 21.4 Å². The van der Waals surface area contributed by atoms with Crippen LogP contribution in [0, 0.1) is 6.92 Å². The molecule has 110 valence electrons. The molecule has 20 heavy (non-hydrogen) atoms. The van der Waals surface area contributed by atoms with E-state index in [1.165, 1.54) is 21.1 Å². The van der Waals surface area contributed by atoms with Crippen LogP contribution in [-0.2, 0) is 4.79 Å². The first-order chi connectivity index (χ1) is 9.27. The lowest BCUT2D eigenvalue weighted by Gasteiger charge is -2.22. The van der Waals surface area contributed by atoms with Gasteiger partial charge >= 0.3 is 12.0 Å². The van der Waals surface area contributed by atoms with Gasteiger partial charge in [0.1, 0.15) is 11.8 Å². The Morgan fingerprint density at radius 2 is 2.05 bits per heavy atom. The molecule has 0 radical (unpaired) electrons. The third kappa shape index (κ3) is 3.54. The van der Waals surface area contributed by atoms with Crippen LogP contribution in [0.1, 0.15) is 12.5 Å². The second-order valence-corrected chi connectivity index (χ2v) is 4.76. The first-order valence-electron chi connectivity index (χ1n) is 5.88. The molecule has 0 heterocycles. The van der Waals surface area contributed by atoms with Crippen molar-refractivity contribution in [3.05, 3.63) is 22.7 Å². The molecule has 7 heteroatoms. The molecule has 2 N–H and O–H groups in total. The van der Waals surface area contributed by atoms with Crippen LogP contribution in [0.5, 0.6) is 5.75 Å². The van der Waals surface area contributed by atoms with Crippen molar-refractivity contribution in [1.82, 2.24) is 4.90 Å². The number of nitrogens with zero attached hydrogens (tertiary/aromatic N) is 1. The molecule has 1 atom stereocenters. The highest BCUT2D eigenvalue weighted by molar-refractivity contribution is 6.31. The fourth-order valence-corrected chi connectivity index (χ4v) is 1.63. The van der Waals surface area contributed by atoms with Gasteiger partial charge in [-0.05, 0) is 25.5 Å². The third-order valence-electron chi connectivity index (χ3n) is 2.98. The molecule has 1 aromatic rings. The lowest BCUT2D eigenvalue weighted by Crippen LogP contribution is -2.42. The minimum Gasteiger partial charge on any atom is -0.495 e. The summed E-state index contributed by atoms with van der Waals surface area (Å²) in [6, 6.07) is 1.78. The van der Waals surface area contributed by atoms with E-state index in [0.29, 0.717) is 16.5 Å². The van der Waals surface area contributed by atoms with E-state index in [1.54, 1.807) is 19.1 Å². The van der Waals surface area contributed by atoms with E-state index in [0.717, 1.165) is 10.5 Å². The Morgan fingerprint density at radius 3 is 2.55 bits per heavy atom. The summed E-state index contributed by atoms with van der Waals surface area (Å²) in [7, 11) is 2.86. The van der Waals surface area contributed by atoms with Crippen molar-refractivity contribution in [1.29, 1.82) is 0 Å². The number of benzene rings is 1. The van der Waals surface area contributed by atoms with Crippen LogP contribution in [0.4, 0.5) is 10.5 Å². The number of likely N-dealkylation sites (N-methyl/N-ethyl adjacent to an activating group) is 1. The number of ether oxygens (including phenoxy) is 1. The predicted molar refractivity (Wildman–Crippen MR) is 76.6 cm³/mol. The zero-order valence-corrected chi connectivity index (χ0v) is 12.5. The molecule has 1 aromatic carbocycles. The average molecular weight is 301 g/mol. The molecule has 0 saturated heterocycles. The number of methoxy groups -OCH3 is 1. The minimum absolute atomic E-state index is 0.408. The van der Waals surface area contributed by atoms with Gasteiger partial charge in [-0.15, -0.1) is 0 Å². The van der Waals surface area contributed by atoms with Crippen molar-refractivity contribution in [3.8, 4) is 5.75 Å². The van der Waals surface area contributed by atoms with Crippen LogP contribution in [-0.4, -0.2) is 42.2 Å². The Kier molecular flexibility index (Phi) is 5.21. The van der Waals surface area contributed by atoms with Crippen LogP contribution >= 0.6 is 11.6 Å². The summed E-state index contributed by atoms with van der Waals surface area (Å²) in [6.07, 6.45) is 0. The first-order valence-corrected chi connectivity index (χ1v) is 6.26. The van der Waals surface area contributed by atoms with Gasteiger partial charge in [-0.25, -0.2) is 9.59 Å². The van der Waals surface area contributed by atoms with Crippen LogP contribution in [0.25, 0.3) is 0 Å². The van der Waals surface area contributed by atoms with Crippen LogP contribution in [0.15, 0.2) is 12.1 Å². The summed E-state index contributed by atoms with van der Waals surface area (Å²) >= 11 is 5.97. The Hall–Kier alpha value is -1.95. The van der Waals surface area contributed by atoms with Gasteiger partial charge < -0.3 is 20.1 Å². The highest BCUT2D eigenvalue weighted by Crippen LogP contribution is 2.31. The van der Waals surface area contributed by atoms with Gasteiger partial charge in [0, 0.05) is 18.1 Å². The van der Waals surface area contributed by atoms with Crippen molar-refractivity contribution in [2.45, 2.75) is 19.9 Å². The second-order valence-electron chi connectivity index (χ2n) is 4.36. The fourth-order valence-electron chi connectivity index (χ4n) is 1.47. The van der Waals surface area contributed by atoms with E-state index in [9.17, 15) is 9.59 Å². The van der Waals surface area contributed by atoms with Gasteiger partial charge in [-0.3, -0.25) is 0 Å². The van der Waals surface area contributed by atoms with E-state index in [2.05, 4.69) is 5.32 Å². The lowest BCUT2D eigenvalue weighted by atomic mass is 10.2. The van der Waals surface area contributed by atoms with Crippen molar-refractivity contribution < 1.29 is 19.4 Å². The number of aliphatic carboxylic acids is 1. The summed E-state index contributed by atoms with van der Waals surface area (Å²) in [5, 5.41) is 12.0. The maximum Gasteiger partial charge on any atom is 0.326 e. The number of halogens is 1. The molecular weight excluding hydrogens is 284 g/mol. The molecule has 0 spiro atoms.